The number of hydrogen-bond donors (Lipinski definition) is 3. The molecule has 1 aromatic rings. The topological polar surface area (TPSA) is 68.8 Å². The Hall–Kier alpha value is -1.35. The second-order valence-corrected chi connectivity index (χ2v) is 7.93. The number of rotatable bonds is 8. The van der Waals surface area contributed by atoms with Crippen LogP contribution in [0.15, 0.2) is 35.3 Å². The van der Waals surface area contributed by atoms with E-state index in [2.05, 4.69) is 56.2 Å². The predicted octanol–water partition coefficient (Wildman–Crippen LogP) is 2.88. The molecular weight excluding hydrogens is 477 g/mol. The molecule has 6 nitrogen and oxygen atoms in total. The van der Waals surface area contributed by atoms with Crippen LogP contribution in [0.25, 0.3) is 0 Å². The zero-order valence-corrected chi connectivity index (χ0v) is 19.9. The number of aliphatic imine (C=N–C) groups is 1. The molecule has 162 valence electrons. The van der Waals surface area contributed by atoms with Crippen molar-refractivity contribution < 1.29 is 4.79 Å². The van der Waals surface area contributed by atoms with Crippen molar-refractivity contribution in [2.45, 2.75) is 63.6 Å². The monoisotopic (exact) mass is 513 g/mol. The first-order valence-corrected chi connectivity index (χ1v) is 10.8. The van der Waals surface area contributed by atoms with E-state index in [9.17, 15) is 4.79 Å². The zero-order valence-electron chi connectivity index (χ0n) is 17.5. The highest BCUT2D eigenvalue weighted by Gasteiger charge is 2.24. The molecule has 1 aliphatic heterocycles. The van der Waals surface area contributed by atoms with Crippen LogP contribution >= 0.6 is 24.0 Å². The van der Waals surface area contributed by atoms with Gasteiger partial charge in [0.1, 0.15) is 0 Å². The molecular formula is C22H36IN5O. The summed E-state index contributed by atoms with van der Waals surface area (Å²) in [4.78, 5) is 18.9. The van der Waals surface area contributed by atoms with Crippen molar-refractivity contribution >= 4 is 35.8 Å². The average Bonchev–Trinajstić information content (AvgIpc) is 3.37. The summed E-state index contributed by atoms with van der Waals surface area (Å²) in [6.45, 7) is 3.63. The molecule has 29 heavy (non-hydrogen) atoms. The Bertz CT molecular complexity index is 633. The van der Waals surface area contributed by atoms with Gasteiger partial charge in [0.2, 0.25) is 5.91 Å². The number of amides is 1. The van der Waals surface area contributed by atoms with Gasteiger partial charge in [0, 0.05) is 45.2 Å². The van der Waals surface area contributed by atoms with Gasteiger partial charge in [0.15, 0.2) is 5.96 Å². The smallest absolute Gasteiger partial charge is 0.221 e. The number of likely N-dealkylation sites (tertiary alicyclic amines) is 1. The van der Waals surface area contributed by atoms with Gasteiger partial charge < -0.3 is 16.0 Å². The third-order valence-corrected chi connectivity index (χ3v) is 5.82. The van der Waals surface area contributed by atoms with Crippen LogP contribution in [0.2, 0.25) is 0 Å². The summed E-state index contributed by atoms with van der Waals surface area (Å²) in [5.74, 6) is 0.917. The van der Waals surface area contributed by atoms with E-state index in [0.29, 0.717) is 25.0 Å². The van der Waals surface area contributed by atoms with E-state index in [0.717, 1.165) is 38.4 Å². The third-order valence-electron chi connectivity index (χ3n) is 5.82. The van der Waals surface area contributed by atoms with Crippen molar-refractivity contribution in [2.75, 3.05) is 26.7 Å². The second-order valence-electron chi connectivity index (χ2n) is 7.93. The van der Waals surface area contributed by atoms with E-state index < -0.39 is 0 Å². The van der Waals surface area contributed by atoms with E-state index in [1.54, 1.807) is 7.05 Å². The van der Waals surface area contributed by atoms with Gasteiger partial charge in [0.25, 0.3) is 0 Å². The zero-order chi connectivity index (χ0) is 19.6. The molecule has 1 saturated carbocycles. The molecule has 1 aliphatic carbocycles. The number of nitrogens with zero attached hydrogens (tertiary/aromatic N) is 2. The number of hydrogen-bond acceptors (Lipinski definition) is 3. The lowest BCUT2D eigenvalue weighted by Crippen LogP contribution is -2.45. The van der Waals surface area contributed by atoms with Gasteiger partial charge in [-0.2, -0.15) is 0 Å². The maximum atomic E-state index is 12.0. The van der Waals surface area contributed by atoms with Crippen LogP contribution in [0.4, 0.5) is 0 Å². The standard InChI is InChI=1S/C22H35N5O.HI/c1-23-22(24-14-13-21(28)26-19-10-5-6-11-19)25-16-20-12-7-15-27(20)17-18-8-3-2-4-9-18;/h2-4,8-9,19-20H,5-7,10-17H2,1H3,(H,26,28)(H2,23,24,25);1H. The number of guanidine groups is 1. The van der Waals surface area contributed by atoms with Gasteiger partial charge in [-0.05, 0) is 37.8 Å². The molecule has 3 N–H and O–H groups in total. The Morgan fingerprint density at radius 1 is 1.10 bits per heavy atom. The Morgan fingerprint density at radius 3 is 2.59 bits per heavy atom. The van der Waals surface area contributed by atoms with Gasteiger partial charge in [-0.1, -0.05) is 43.2 Å². The van der Waals surface area contributed by atoms with Crippen LogP contribution in [0.5, 0.6) is 0 Å². The molecule has 0 bridgehead atoms. The van der Waals surface area contributed by atoms with E-state index in [1.165, 1.54) is 31.2 Å². The number of nitrogens with one attached hydrogen (secondary N) is 3. The number of benzene rings is 1. The quantitative estimate of drug-likeness (QED) is 0.284. The molecule has 7 heteroatoms. The Labute approximate surface area is 192 Å². The molecule has 0 spiro atoms. The van der Waals surface area contributed by atoms with Gasteiger partial charge in [-0.25, -0.2) is 0 Å². The number of carbonyl (C=O) groups is 1. The van der Waals surface area contributed by atoms with Crippen LogP contribution in [0, 0.1) is 0 Å². The minimum atomic E-state index is 0. The van der Waals surface area contributed by atoms with Crippen molar-refractivity contribution in [3.05, 3.63) is 35.9 Å². The molecule has 1 saturated heterocycles. The van der Waals surface area contributed by atoms with Crippen LogP contribution in [0.3, 0.4) is 0 Å². The summed E-state index contributed by atoms with van der Waals surface area (Å²) < 4.78 is 0. The molecule has 1 unspecified atom stereocenters. The number of halogens is 1. The minimum Gasteiger partial charge on any atom is -0.356 e. The Morgan fingerprint density at radius 2 is 1.86 bits per heavy atom. The molecule has 2 fully saturated rings. The van der Waals surface area contributed by atoms with Crippen LogP contribution in [0.1, 0.15) is 50.5 Å². The molecule has 1 aromatic carbocycles. The summed E-state index contributed by atoms with van der Waals surface area (Å²) in [6.07, 6.45) is 7.67. The lowest BCUT2D eigenvalue weighted by molar-refractivity contribution is -0.121. The van der Waals surface area contributed by atoms with Gasteiger partial charge >= 0.3 is 0 Å². The normalized spacial score (nSPS) is 20.3. The summed E-state index contributed by atoms with van der Waals surface area (Å²) in [6, 6.07) is 11.6. The minimum absolute atomic E-state index is 0. The highest BCUT2D eigenvalue weighted by atomic mass is 127. The molecule has 0 aromatic heterocycles. The van der Waals surface area contributed by atoms with Gasteiger partial charge in [0.05, 0.1) is 0 Å². The fraction of sp³-hybridized carbons (Fsp3) is 0.636. The lowest BCUT2D eigenvalue weighted by atomic mass is 10.2. The highest BCUT2D eigenvalue weighted by molar-refractivity contribution is 14.0. The van der Waals surface area contributed by atoms with Gasteiger partial charge in [-0.15, -0.1) is 24.0 Å². The van der Waals surface area contributed by atoms with E-state index in [-0.39, 0.29) is 29.9 Å². The average molecular weight is 513 g/mol. The van der Waals surface area contributed by atoms with E-state index in [4.69, 9.17) is 0 Å². The van der Waals surface area contributed by atoms with Crippen LogP contribution in [-0.2, 0) is 11.3 Å². The van der Waals surface area contributed by atoms with Crippen molar-refractivity contribution in [3.8, 4) is 0 Å². The van der Waals surface area contributed by atoms with Crippen molar-refractivity contribution in [1.29, 1.82) is 0 Å². The van der Waals surface area contributed by atoms with Crippen LogP contribution in [-0.4, -0.2) is 55.5 Å². The molecule has 3 rings (SSSR count). The summed E-state index contributed by atoms with van der Waals surface area (Å²) >= 11 is 0. The molecule has 1 amide bonds. The summed E-state index contributed by atoms with van der Waals surface area (Å²) in [5, 5.41) is 9.84. The fourth-order valence-electron chi connectivity index (χ4n) is 4.25. The largest absolute Gasteiger partial charge is 0.356 e. The van der Waals surface area contributed by atoms with Crippen molar-refractivity contribution in [3.63, 3.8) is 0 Å². The second kappa shape index (κ2) is 13.1. The van der Waals surface area contributed by atoms with Crippen molar-refractivity contribution in [1.82, 2.24) is 20.9 Å². The molecule has 1 heterocycles. The number of carbonyl (C=O) groups excluding carboxylic acids is 1. The third kappa shape index (κ3) is 8.12. The lowest BCUT2D eigenvalue weighted by Gasteiger charge is -2.25. The molecule has 0 radical (unpaired) electrons. The Kier molecular flexibility index (Phi) is 10.8. The van der Waals surface area contributed by atoms with Crippen LogP contribution < -0.4 is 16.0 Å². The maximum absolute atomic E-state index is 12.0. The first-order valence-electron chi connectivity index (χ1n) is 10.8. The highest BCUT2D eigenvalue weighted by Crippen LogP contribution is 2.19. The first kappa shape index (κ1) is 23.9. The fourth-order valence-corrected chi connectivity index (χ4v) is 4.25. The molecule has 1 atom stereocenters. The first-order chi connectivity index (χ1) is 13.7. The Balaban J connectivity index is 0.00000300. The van der Waals surface area contributed by atoms with E-state index in [1.807, 2.05) is 0 Å². The summed E-state index contributed by atoms with van der Waals surface area (Å²) in [5.41, 5.74) is 1.37. The van der Waals surface area contributed by atoms with E-state index >= 15 is 0 Å². The predicted molar refractivity (Wildman–Crippen MR) is 130 cm³/mol. The maximum Gasteiger partial charge on any atom is 0.221 e. The summed E-state index contributed by atoms with van der Waals surface area (Å²) in [7, 11) is 1.78. The SMILES string of the molecule is CN=C(NCCC(=O)NC1CCCC1)NCC1CCCN1Cc1ccccc1.I. The molecule has 2 aliphatic rings. The van der Waals surface area contributed by atoms with Gasteiger partial charge in [-0.3, -0.25) is 14.7 Å². The van der Waals surface area contributed by atoms with Crippen molar-refractivity contribution in [2.24, 2.45) is 4.99 Å².